The lowest BCUT2D eigenvalue weighted by Gasteiger charge is -2.27. The second kappa shape index (κ2) is 4.01. The Kier molecular flexibility index (Phi) is 2.91. The first-order valence-corrected chi connectivity index (χ1v) is 5.30. The van der Waals surface area contributed by atoms with Crippen molar-refractivity contribution in [1.29, 1.82) is 0 Å². The summed E-state index contributed by atoms with van der Waals surface area (Å²) in [6, 6.07) is 0.240. The zero-order valence-electron chi connectivity index (χ0n) is 8.78. The van der Waals surface area contributed by atoms with E-state index in [0.717, 1.165) is 19.7 Å². The Balaban J connectivity index is 1.85. The number of aliphatic hydroxyl groups excluding tert-OH is 1. The molecule has 3 nitrogen and oxygen atoms in total. The maximum atomic E-state index is 9.16. The fourth-order valence-corrected chi connectivity index (χ4v) is 2.23. The van der Waals surface area contributed by atoms with Crippen LogP contribution in [-0.4, -0.2) is 49.5 Å². The predicted molar refractivity (Wildman–Crippen MR) is 55.1 cm³/mol. The lowest BCUT2D eigenvalue weighted by molar-refractivity contribution is 0.0931. The summed E-state index contributed by atoms with van der Waals surface area (Å²) in [7, 11) is 1.77. The van der Waals surface area contributed by atoms with Crippen molar-refractivity contribution in [2.75, 3.05) is 33.4 Å². The summed E-state index contributed by atoms with van der Waals surface area (Å²) >= 11 is 0. The molecule has 80 valence electrons. The van der Waals surface area contributed by atoms with Crippen molar-refractivity contribution < 1.29 is 9.84 Å². The van der Waals surface area contributed by atoms with Crippen LogP contribution >= 0.6 is 0 Å². The molecule has 0 bridgehead atoms. The third kappa shape index (κ3) is 2.00. The lowest BCUT2D eigenvalue weighted by Crippen LogP contribution is -2.38. The second-order valence-corrected chi connectivity index (χ2v) is 4.54. The van der Waals surface area contributed by atoms with Gasteiger partial charge < -0.3 is 9.84 Å². The smallest absolute Gasteiger partial charge is 0.0622 e. The fraction of sp³-hybridized carbons (Fsp3) is 0.818. The molecule has 1 aliphatic heterocycles. The first-order chi connectivity index (χ1) is 6.79. The molecule has 0 saturated heterocycles. The highest BCUT2D eigenvalue weighted by Crippen LogP contribution is 2.46. The van der Waals surface area contributed by atoms with E-state index in [0.29, 0.717) is 5.41 Å². The first kappa shape index (κ1) is 10.1. The average molecular weight is 197 g/mol. The molecule has 0 spiro atoms. The van der Waals surface area contributed by atoms with Crippen molar-refractivity contribution in [1.82, 2.24) is 4.90 Å². The van der Waals surface area contributed by atoms with E-state index in [9.17, 15) is 0 Å². The van der Waals surface area contributed by atoms with Gasteiger partial charge in [0.05, 0.1) is 19.3 Å². The molecular weight excluding hydrogens is 178 g/mol. The first-order valence-electron chi connectivity index (χ1n) is 5.30. The predicted octanol–water partition coefficient (Wildman–Crippen LogP) is 0.646. The molecule has 0 radical (unpaired) electrons. The van der Waals surface area contributed by atoms with Gasteiger partial charge in [0.1, 0.15) is 0 Å². The Morgan fingerprint density at radius 3 is 2.93 bits per heavy atom. The lowest BCUT2D eigenvalue weighted by atomic mass is 10.1. The molecule has 1 heterocycles. The van der Waals surface area contributed by atoms with Crippen molar-refractivity contribution in [3.05, 3.63) is 12.2 Å². The van der Waals surface area contributed by atoms with Crippen LogP contribution in [0.4, 0.5) is 0 Å². The molecule has 2 rings (SSSR count). The van der Waals surface area contributed by atoms with Crippen LogP contribution in [0.3, 0.4) is 0 Å². The maximum absolute atomic E-state index is 9.16. The van der Waals surface area contributed by atoms with Gasteiger partial charge in [-0.15, -0.1) is 0 Å². The quantitative estimate of drug-likeness (QED) is 0.657. The van der Waals surface area contributed by atoms with E-state index in [1.807, 2.05) is 0 Å². The monoisotopic (exact) mass is 197 g/mol. The molecule has 2 aliphatic rings. The van der Waals surface area contributed by atoms with Crippen LogP contribution in [0, 0.1) is 5.41 Å². The Labute approximate surface area is 85.4 Å². The van der Waals surface area contributed by atoms with Crippen LogP contribution in [0.1, 0.15) is 12.8 Å². The fourth-order valence-electron chi connectivity index (χ4n) is 2.23. The van der Waals surface area contributed by atoms with Crippen molar-refractivity contribution in [2.24, 2.45) is 5.41 Å². The summed E-state index contributed by atoms with van der Waals surface area (Å²) in [5, 5.41) is 9.16. The maximum Gasteiger partial charge on any atom is 0.0622 e. The van der Waals surface area contributed by atoms with Gasteiger partial charge in [0.2, 0.25) is 0 Å². The van der Waals surface area contributed by atoms with Crippen LogP contribution in [-0.2, 0) is 4.74 Å². The van der Waals surface area contributed by atoms with Crippen molar-refractivity contribution >= 4 is 0 Å². The van der Waals surface area contributed by atoms with E-state index in [1.54, 1.807) is 7.11 Å². The highest BCUT2D eigenvalue weighted by molar-refractivity contribution is 5.07. The summed E-state index contributed by atoms with van der Waals surface area (Å²) in [5.74, 6) is 0. The molecule has 0 aromatic heterocycles. The summed E-state index contributed by atoms with van der Waals surface area (Å²) in [4.78, 5) is 2.34. The van der Waals surface area contributed by atoms with Crippen molar-refractivity contribution in [2.45, 2.75) is 18.9 Å². The molecule has 1 unspecified atom stereocenters. The van der Waals surface area contributed by atoms with E-state index in [2.05, 4.69) is 17.1 Å². The van der Waals surface area contributed by atoms with Crippen LogP contribution < -0.4 is 0 Å². The zero-order valence-corrected chi connectivity index (χ0v) is 8.78. The Hall–Kier alpha value is -0.380. The minimum atomic E-state index is 0.236. The third-order valence-electron chi connectivity index (χ3n) is 3.30. The number of methoxy groups -OCH3 is 1. The Morgan fingerprint density at radius 2 is 2.36 bits per heavy atom. The molecule has 14 heavy (non-hydrogen) atoms. The number of ether oxygens (including phenoxy) is 1. The summed E-state index contributed by atoms with van der Waals surface area (Å²) in [5.41, 5.74) is 0.397. The van der Waals surface area contributed by atoms with Gasteiger partial charge in [-0.2, -0.15) is 0 Å². The van der Waals surface area contributed by atoms with E-state index in [-0.39, 0.29) is 12.6 Å². The normalized spacial score (nSPS) is 29.7. The molecule has 0 aromatic rings. The summed E-state index contributed by atoms with van der Waals surface area (Å²) < 4.78 is 5.24. The van der Waals surface area contributed by atoms with E-state index >= 15 is 0 Å². The zero-order chi connectivity index (χ0) is 10.0. The number of aliphatic hydroxyl groups is 1. The van der Waals surface area contributed by atoms with Gasteiger partial charge in [-0.05, 0) is 12.8 Å². The van der Waals surface area contributed by atoms with Crippen LogP contribution in [0.15, 0.2) is 12.2 Å². The molecule has 0 amide bonds. The molecule has 1 aliphatic carbocycles. The SMILES string of the molecule is COCC1(CN2CC=CC2CO)CC1. The Bertz CT molecular complexity index is 223. The molecule has 3 heteroatoms. The van der Waals surface area contributed by atoms with Gasteiger partial charge in [-0.25, -0.2) is 0 Å². The van der Waals surface area contributed by atoms with Gasteiger partial charge in [-0.1, -0.05) is 12.2 Å². The van der Waals surface area contributed by atoms with Crippen LogP contribution in [0.5, 0.6) is 0 Å². The number of hydrogen-bond donors (Lipinski definition) is 1. The van der Waals surface area contributed by atoms with Gasteiger partial charge >= 0.3 is 0 Å². The molecule has 1 fully saturated rings. The molecular formula is C11H19NO2. The minimum Gasteiger partial charge on any atom is -0.394 e. The molecule has 0 aromatic carbocycles. The van der Waals surface area contributed by atoms with Crippen LogP contribution in [0.25, 0.3) is 0 Å². The van der Waals surface area contributed by atoms with Crippen molar-refractivity contribution in [3.8, 4) is 0 Å². The Morgan fingerprint density at radius 1 is 1.57 bits per heavy atom. The van der Waals surface area contributed by atoms with Gasteiger partial charge in [0.15, 0.2) is 0 Å². The van der Waals surface area contributed by atoms with Gasteiger partial charge in [-0.3, -0.25) is 4.90 Å². The molecule has 1 N–H and O–H groups in total. The highest BCUT2D eigenvalue weighted by atomic mass is 16.5. The van der Waals surface area contributed by atoms with E-state index in [1.165, 1.54) is 12.8 Å². The summed E-state index contributed by atoms with van der Waals surface area (Å²) in [6.45, 7) is 3.15. The summed E-state index contributed by atoms with van der Waals surface area (Å²) in [6.07, 6.45) is 6.79. The molecule has 1 saturated carbocycles. The van der Waals surface area contributed by atoms with E-state index < -0.39 is 0 Å². The average Bonchev–Trinajstić information content (AvgIpc) is 2.79. The topological polar surface area (TPSA) is 32.7 Å². The van der Waals surface area contributed by atoms with E-state index in [4.69, 9.17) is 9.84 Å². The van der Waals surface area contributed by atoms with Crippen molar-refractivity contribution in [3.63, 3.8) is 0 Å². The highest BCUT2D eigenvalue weighted by Gasteiger charge is 2.44. The largest absolute Gasteiger partial charge is 0.394 e. The van der Waals surface area contributed by atoms with Crippen LogP contribution in [0.2, 0.25) is 0 Å². The van der Waals surface area contributed by atoms with Gasteiger partial charge in [0, 0.05) is 25.6 Å². The standard InChI is InChI=1S/C11H19NO2/c1-14-9-11(4-5-11)8-12-6-2-3-10(12)7-13/h2-3,10,13H,4-9H2,1H3. The third-order valence-corrected chi connectivity index (χ3v) is 3.30. The molecule has 1 atom stereocenters. The number of hydrogen-bond acceptors (Lipinski definition) is 3. The van der Waals surface area contributed by atoms with Gasteiger partial charge in [0.25, 0.3) is 0 Å². The second-order valence-electron chi connectivity index (χ2n) is 4.54. The number of rotatable bonds is 5. The minimum absolute atomic E-state index is 0.236. The number of nitrogens with zero attached hydrogens (tertiary/aromatic N) is 1.